The van der Waals surface area contributed by atoms with Crippen molar-refractivity contribution in [1.82, 2.24) is 10.3 Å². The highest BCUT2D eigenvalue weighted by Crippen LogP contribution is 2.29. The van der Waals surface area contributed by atoms with Gasteiger partial charge >= 0.3 is 0 Å². The van der Waals surface area contributed by atoms with Gasteiger partial charge in [0, 0.05) is 11.4 Å². The maximum absolute atomic E-state index is 9.92. The third kappa shape index (κ3) is 3.84. The molecule has 0 aliphatic rings. The molecule has 1 aromatic heterocycles. The Hall–Kier alpha value is -1.36. The average Bonchev–Trinajstić information content (AvgIpc) is 2.49. The first-order valence-electron chi connectivity index (χ1n) is 7.03. The number of likely N-dealkylation sites (N-methyl/N-ethyl adjacent to an activating group) is 1. The van der Waals surface area contributed by atoms with Crippen LogP contribution < -0.4 is 5.32 Å². The smallest absolute Gasteiger partial charge is 0.0966 e. The maximum atomic E-state index is 9.92. The number of nitrogens with zero attached hydrogens (tertiary/aromatic N) is 1. The molecule has 0 aliphatic carbocycles. The van der Waals surface area contributed by atoms with Gasteiger partial charge in [0.15, 0.2) is 0 Å². The molecule has 0 saturated heterocycles. The van der Waals surface area contributed by atoms with Crippen LogP contribution in [0.15, 0.2) is 47.5 Å². The molecule has 112 valence electrons. The summed E-state index contributed by atoms with van der Waals surface area (Å²) < 4.78 is 0. The lowest BCUT2D eigenvalue weighted by molar-refractivity contribution is 0.187. The van der Waals surface area contributed by atoms with Crippen LogP contribution in [0.4, 0.5) is 0 Å². The van der Waals surface area contributed by atoms with Crippen LogP contribution in [0, 0.1) is 13.8 Å². The molecule has 3 nitrogen and oxygen atoms in total. The maximum Gasteiger partial charge on any atom is 0.0966 e. The van der Waals surface area contributed by atoms with Crippen molar-refractivity contribution >= 4 is 11.8 Å². The van der Waals surface area contributed by atoms with Gasteiger partial charge in [-0.1, -0.05) is 30.3 Å². The fraction of sp³-hybridized carbons (Fsp3) is 0.353. The van der Waals surface area contributed by atoms with Crippen molar-refractivity contribution in [2.24, 2.45) is 0 Å². The van der Waals surface area contributed by atoms with E-state index < -0.39 is 5.54 Å². The molecule has 2 N–H and O–H groups in total. The van der Waals surface area contributed by atoms with Gasteiger partial charge in [-0.15, -0.1) is 11.8 Å². The van der Waals surface area contributed by atoms with Crippen LogP contribution in [0.5, 0.6) is 0 Å². The lowest BCUT2D eigenvalue weighted by Gasteiger charge is -2.31. The molecule has 2 rings (SSSR count). The first kappa shape index (κ1) is 16.0. The van der Waals surface area contributed by atoms with Crippen molar-refractivity contribution in [1.29, 1.82) is 0 Å². The van der Waals surface area contributed by atoms with Crippen molar-refractivity contribution < 1.29 is 5.11 Å². The molecule has 1 aromatic carbocycles. The second-order valence-electron chi connectivity index (χ2n) is 5.27. The van der Waals surface area contributed by atoms with Gasteiger partial charge in [0.25, 0.3) is 0 Å². The molecule has 21 heavy (non-hydrogen) atoms. The van der Waals surface area contributed by atoms with Crippen molar-refractivity contribution in [3.63, 3.8) is 0 Å². The van der Waals surface area contributed by atoms with Crippen molar-refractivity contribution in [2.75, 3.05) is 19.4 Å². The summed E-state index contributed by atoms with van der Waals surface area (Å²) in [5.74, 6) is 0.722. The van der Waals surface area contributed by atoms with Gasteiger partial charge in [0.1, 0.15) is 0 Å². The third-order valence-corrected chi connectivity index (χ3v) is 4.76. The van der Waals surface area contributed by atoms with Gasteiger partial charge in [-0.2, -0.15) is 0 Å². The Morgan fingerprint density at radius 2 is 1.90 bits per heavy atom. The molecule has 0 radical (unpaired) electrons. The number of nitrogens with one attached hydrogen (secondary N) is 1. The summed E-state index contributed by atoms with van der Waals surface area (Å²) >= 11 is 1.67. The monoisotopic (exact) mass is 302 g/mol. The van der Waals surface area contributed by atoms with E-state index in [0.717, 1.165) is 22.0 Å². The van der Waals surface area contributed by atoms with Crippen LogP contribution in [0.2, 0.25) is 0 Å². The summed E-state index contributed by atoms with van der Waals surface area (Å²) in [6.45, 7) is 4.13. The predicted molar refractivity (Wildman–Crippen MR) is 88.7 cm³/mol. The predicted octanol–water partition coefficient (Wildman–Crippen LogP) is 2.90. The molecule has 0 fully saturated rings. The number of aromatic nitrogens is 1. The highest BCUT2D eigenvalue weighted by atomic mass is 32.2. The first-order chi connectivity index (χ1) is 10.1. The molecular weight excluding hydrogens is 280 g/mol. The van der Waals surface area contributed by atoms with E-state index in [9.17, 15) is 5.11 Å². The Balaban J connectivity index is 2.21. The molecule has 1 heterocycles. The molecule has 0 aliphatic heterocycles. The fourth-order valence-corrected chi connectivity index (χ4v) is 3.62. The van der Waals surface area contributed by atoms with Crippen LogP contribution in [0.3, 0.4) is 0 Å². The molecular formula is C17H22N2OS. The van der Waals surface area contributed by atoms with E-state index in [1.807, 2.05) is 44.3 Å². The van der Waals surface area contributed by atoms with Crippen LogP contribution in [0.1, 0.15) is 16.8 Å². The molecule has 4 heteroatoms. The summed E-state index contributed by atoms with van der Waals surface area (Å²) in [4.78, 5) is 4.55. The number of aliphatic hydroxyl groups is 1. The lowest BCUT2D eigenvalue weighted by atomic mass is 9.93. The molecule has 1 atom stereocenters. The van der Waals surface area contributed by atoms with E-state index in [0.29, 0.717) is 0 Å². The summed E-state index contributed by atoms with van der Waals surface area (Å²) in [5, 5.41) is 14.2. The van der Waals surface area contributed by atoms with E-state index in [4.69, 9.17) is 0 Å². The number of hydrogen-bond donors (Lipinski definition) is 2. The summed E-state index contributed by atoms with van der Waals surface area (Å²) in [5.41, 5.74) is 2.87. The normalized spacial score (nSPS) is 13.9. The number of pyridine rings is 1. The van der Waals surface area contributed by atoms with Crippen LogP contribution in [0.25, 0.3) is 0 Å². The number of hydrogen-bond acceptors (Lipinski definition) is 4. The van der Waals surface area contributed by atoms with Gasteiger partial charge in [-0.3, -0.25) is 0 Å². The summed E-state index contributed by atoms with van der Waals surface area (Å²) in [7, 11) is 1.89. The van der Waals surface area contributed by atoms with E-state index in [1.165, 1.54) is 5.56 Å². The van der Waals surface area contributed by atoms with E-state index in [2.05, 4.69) is 29.4 Å². The standard InChI is InChI=1S/C17H22N2OS/c1-13-9-14(2)19-16(10-13)21-12-17(11-20,18-3)15-7-5-4-6-8-15/h4-10,18,20H,11-12H2,1-3H3. The second-order valence-corrected chi connectivity index (χ2v) is 6.26. The molecule has 0 saturated carbocycles. The second kappa shape index (κ2) is 7.07. The zero-order chi connectivity index (χ0) is 15.3. The Bertz CT molecular complexity index is 562. The Morgan fingerprint density at radius 1 is 1.19 bits per heavy atom. The SMILES string of the molecule is CNC(CO)(CSc1cc(C)cc(C)n1)c1ccccc1. The highest BCUT2D eigenvalue weighted by Gasteiger charge is 2.29. The minimum atomic E-state index is -0.453. The number of aryl methyl sites for hydroxylation is 2. The van der Waals surface area contributed by atoms with Crippen LogP contribution in [-0.2, 0) is 5.54 Å². The van der Waals surface area contributed by atoms with E-state index in [-0.39, 0.29) is 6.61 Å². The van der Waals surface area contributed by atoms with Crippen molar-refractivity contribution in [2.45, 2.75) is 24.4 Å². The highest BCUT2D eigenvalue weighted by molar-refractivity contribution is 7.99. The van der Waals surface area contributed by atoms with Crippen molar-refractivity contribution in [3.05, 3.63) is 59.3 Å². The number of aliphatic hydroxyl groups excluding tert-OH is 1. The Morgan fingerprint density at radius 3 is 2.48 bits per heavy atom. The lowest BCUT2D eigenvalue weighted by Crippen LogP contribution is -2.45. The molecule has 0 bridgehead atoms. The van der Waals surface area contributed by atoms with Gasteiger partial charge in [0.05, 0.1) is 17.2 Å². The van der Waals surface area contributed by atoms with Crippen LogP contribution in [-0.4, -0.2) is 29.5 Å². The van der Waals surface area contributed by atoms with Gasteiger partial charge in [0.2, 0.25) is 0 Å². The zero-order valence-electron chi connectivity index (χ0n) is 12.8. The average molecular weight is 302 g/mol. The zero-order valence-corrected chi connectivity index (χ0v) is 13.6. The Labute approximate surface area is 130 Å². The van der Waals surface area contributed by atoms with Crippen molar-refractivity contribution in [3.8, 4) is 0 Å². The number of benzene rings is 1. The van der Waals surface area contributed by atoms with Crippen LogP contribution >= 0.6 is 11.8 Å². The first-order valence-corrected chi connectivity index (χ1v) is 8.01. The van der Waals surface area contributed by atoms with Gasteiger partial charge in [-0.25, -0.2) is 4.98 Å². The number of rotatable bonds is 6. The van der Waals surface area contributed by atoms with Gasteiger partial charge in [-0.05, 0) is 44.2 Å². The van der Waals surface area contributed by atoms with E-state index in [1.54, 1.807) is 11.8 Å². The largest absolute Gasteiger partial charge is 0.394 e. The minimum absolute atomic E-state index is 0.0469. The molecule has 0 spiro atoms. The molecule has 1 unspecified atom stereocenters. The minimum Gasteiger partial charge on any atom is -0.394 e. The third-order valence-electron chi connectivity index (χ3n) is 3.62. The summed E-state index contributed by atoms with van der Waals surface area (Å²) in [6.07, 6.45) is 0. The fourth-order valence-electron chi connectivity index (χ4n) is 2.35. The van der Waals surface area contributed by atoms with E-state index >= 15 is 0 Å². The number of thioether (sulfide) groups is 1. The summed E-state index contributed by atoms with van der Waals surface area (Å²) in [6, 6.07) is 14.2. The van der Waals surface area contributed by atoms with Gasteiger partial charge < -0.3 is 10.4 Å². The molecule has 2 aromatic rings. The molecule has 0 amide bonds. The Kier molecular flexibility index (Phi) is 5.39. The quantitative estimate of drug-likeness (QED) is 0.805. The topological polar surface area (TPSA) is 45.1 Å².